The van der Waals surface area contributed by atoms with Crippen molar-refractivity contribution >= 4 is 41.4 Å². The van der Waals surface area contributed by atoms with Crippen LogP contribution in [0, 0.1) is 0 Å². The Bertz CT molecular complexity index is 1320. The minimum atomic E-state index is -0.644. The Balaban J connectivity index is 0.966. The van der Waals surface area contributed by atoms with Crippen molar-refractivity contribution in [2.75, 3.05) is 76.6 Å². The van der Waals surface area contributed by atoms with Crippen LogP contribution < -0.4 is 21.3 Å². The molecule has 0 aliphatic carbocycles. The second kappa shape index (κ2) is 17.8. The molecule has 0 radical (unpaired) electrons. The molecule has 2 aromatic carbocycles. The van der Waals surface area contributed by atoms with Gasteiger partial charge in [0.15, 0.2) is 0 Å². The number of nitrogens with zero attached hydrogens (tertiary/aromatic N) is 1. The summed E-state index contributed by atoms with van der Waals surface area (Å²) in [5.74, 6) is -1.16. The van der Waals surface area contributed by atoms with Crippen LogP contribution in [0.25, 0.3) is 0 Å². The number of imide groups is 1. The fraction of sp³-hybridized carbons (Fsp3) is 0.452. The van der Waals surface area contributed by atoms with Crippen molar-refractivity contribution in [1.82, 2.24) is 15.5 Å². The van der Waals surface area contributed by atoms with Crippen LogP contribution in [0.1, 0.15) is 39.1 Å². The molecule has 1 atom stereocenters. The first kappa shape index (κ1) is 33.5. The quantitative estimate of drug-likeness (QED) is 0.0942. The van der Waals surface area contributed by atoms with Gasteiger partial charge in [-0.2, -0.15) is 0 Å². The first-order chi connectivity index (χ1) is 22.0. The molecule has 5 amide bonds. The second-order valence-corrected chi connectivity index (χ2v) is 10.2. The predicted octanol–water partition coefficient (Wildman–Crippen LogP) is 0.924. The molecule has 2 heterocycles. The van der Waals surface area contributed by atoms with Gasteiger partial charge in [-0.3, -0.25) is 29.3 Å². The maximum Gasteiger partial charge on any atom is 0.255 e. The number of anilines is 2. The highest BCUT2D eigenvalue weighted by Crippen LogP contribution is 2.32. The second-order valence-electron chi connectivity index (χ2n) is 10.2. The fourth-order valence-electron chi connectivity index (χ4n) is 4.90. The number of carbonyl (C=O) groups is 5. The van der Waals surface area contributed by atoms with Crippen molar-refractivity contribution in [2.45, 2.75) is 25.4 Å². The molecule has 45 heavy (non-hydrogen) atoms. The molecule has 242 valence electrons. The first-order valence-electron chi connectivity index (χ1n) is 14.9. The van der Waals surface area contributed by atoms with E-state index < -0.39 is 11.9 Å². The molecule has 1 saturated heterocycles. The van der Waals surface area contributed by atoms with E-state index in [9.17, 15) is 24.0 Å². The molecule has 2 aromatic rings. The number of benzene rings is 2. The Morgan fingerprint density at radius 1 is 0.867 bits per heavy atom. The zero-order valence-corrected chi connectivity index (χ0v) is 25.0. The van der Waals surface area contributed by atoms with E-state index in [4.69, 9.17) is 18.9 Å². The number of ether oxygens (including phenoxy) is 4. The standard InChI is InChI=1S/C31H39N5O9/c37-21-34-23-6-4-22(5-7-23)29(39)33-11-13-43-15-17-45-19-18-44-16-14-42-12-10-32-26-3-1-2-24-25(26)20-36(31(24)41)27-8-9-28(38)35-30(27)40/h1-7,21,27,32H,8-20H2,(H,33,39)(H,34,37)(H,35,38,40). The van der Waals surface area contributed by atoms with Gasteiger partial charge in [-0.1, -0.05) is 6.07 Å². The molecule has 2 aliphatic heterocycles. The molecule has 2 aliphatic rings. The predicted molar refractivity (Wildman–Crippen MR) is 163 cm³/mol. The highest BCUT2D eigenvalue weighted by Gasteiger charge is 2.39. The lowest BCUT2D eigenvalue weighted by molar-refractivity contribution is -0.136. The molecule has 4 rings (SSSR count). The average molecular weight is 626 g/mol. The number of piperidine rings is 1. The first-order valence-corrected chi connectivity index (χ1v) is 14.9. The lowest BCUT2D eigenvalue weighted by atomic mass is 10.0. The summed E-state index contributed by atoms with van der Waals surface area (Å²) in [6, 6.07) is 11.4. The van der Waals surface area contributed by atoms with Gasteiger partial charge in [0.1, 0.15) is 6.04 Å². The maximum atomic E-state index is 12.9. The van der Waals surface area contributed by atoms with E-state index in [0.717, 1.165) is 11.3 Å². The molecule has 14 nitrogen and oxygen atoms in total. The van der Waals surface area contributed by atoms with Crippen molar-refractivity contribution < 1.29 is 42.9 Å². The lowest BCUT2D eigenvalue weighted by Crippen LogP contribution is -2.52. The average Bonchev–Trinajstić information content (AvgIpc) is 3.37. The van der Waals surface area contributed by atoms with E-state index in [2.05, 4.69) is 21.3 Å². The van der Waals surface area contributed by atoms with Crippen LogP contribution in [0.3, 0.4) is 0 Å². The third-order valence-electron chi connectivity index (χ3n) is 7.16. The normalized spacial score (nSPS) is 15.9. The van der Waals surface area contributed by atoms with Crippen LogP contribution in [0.15, 0.2) is 42.5 Å². The number of carbonyl (C=O) groups excluding carboxylic acids is 5. The van der Waals surface area contributed by atoms with Crippen molar-refractivity contribution in [3.63, 3.8) is 0 Å². The Labute approximate surface area is 261 Å². The van der Waals surface area contributed by atoms with Gasteiger partial charge in [0.2, 0.25) is 18.2 Å². The number of hydrogen-bond donors (Lipinski definition) is 4. The van der Waals surface area contributed by atoms with Gasteiger partial charge in [-0.05, 0) is 42.8 Å². The van der Waals surface area contributed by atoms with Crippen LogP contribution in [-0.4, -0.2) is 107 Å². The van der Waals surface area contributed by atoms with E-state index in [1.165, 1.54) is 4.90 Å². The molecule has 0 bridgehead atoms. The Morgan fingerprint density at radius 2 is 1.51 bits per heavy atom. The van der Waals surface area contributed by atoms with Crippen LogP contribution in [0.2, 0.25) is 0 Å². The number of rotatable bonds is 20. The summed E-state index contributed by atoms with van der Waals surface area (Å²) >= 11 is 0. The molecule has 4 N–H and O–H groups in total. The number of nitrogens with one attached hydrogen (secondary N) is 4. The van der Waals surface area contributed by atoms with Crippen LogP contribution in [-0.2, 0) is 39.9 Å². The number of amides is 5. The third kappa shape index (κ3) is 10.1. The Morgan fingerprint density at radius 3 is 2.16 bits per heavy atom. The Hall–Kier alpha value is -4.37. The van der Waals surface area contributed by atoms with Crippen LogP contribution in [0.4, 0.5) is 11.4 Å². The number of hydrogen-bond acceptors (Lipinski definition) is 10. The lowest BCUT2D eigenvalue weighted by Gasteiger charge is -2.29. The van der Waals surface area contributed by atoms with Crippen LogP contribution >= 0.6 is 0 Å². The molecule has 1 fully saturated rings. The monoisotopic (exact) mass is 625 g/mol. The van der Waals surface area contributed by atoms with E-state index >= 15 is 0 Å². The molecule has 0 aromatic heterocycles. The van der Waals surface area contributed by atoms with Crippen molar-refractivity contribution in [3.8, 4) is 0 Å². The number of fused-ring (bicyclic) bond motifs is 1. The third-order valence-corrected chi connectivity index (χ3v) is 7.16. The minimum Gasteiger partial charge on any atom is -0.382 e. The van der Waals surface area contributed by atoms with Gasteiger partial charge in [-0.25, -0.2) is 0 Å². The summed E-state index contributed by atoms with van der Waals surface area (Å²) in [5.41, 5.74) is 3.32. The largest absolute Gasteiger partial charge is 0.382 e. The van der Waals surface area contributed by atoms with Crippen molar-refractivity contribution in [1.29, 1.82) is 0 Å². The molecular formula is C31H39N5O9. The van der Waals surface area contributed by atoms with Crippen LogP contribution in [0.5, 0.6) is 0 Å². The maximum absolute atomic E-state index is 12.9. The summed E-state index contributed by atoms with van der Waals surface area (Å²) in [6.45, 7) is 4.49. The van der Waals surface area contributed by atoms with Gasteiger partial charge in [0, 0.05) is 54.1 Å². The molecule has 1 unspecified atom stereocenters. The SMILES string of the molecule is O=CNc1ccc(C(=O)NCCOCCOCCOCCOCCNc2cccc3c2CN(C2CCC(=O)NC2=O)C3=O)cc1. The molecule has 0 saturated carbocycles. The Kier molecular flexibility index (Phi) is 13.3. The minimum absolute atomic E-state index is 0.205. The summed E-state index contributed by atoms with van der Waals surface area (Å²) in [6.07, 6.45) is 1.12. The summed E-state index contributed by atoms with van der Waals surface area (Å²) in [4.78, 5) is 60.7. The smallest absolute Gasteiger partial charge is 0.255 e. The summed E-state index contributed by atoms with van der Waals surface area (Å²) in [7, 11) is 0. The molecule has 0 spiro atoms. The highest BCUT2D eigenvalue weighted by molar-refractivity contribution is 6.06. The van der Waals surface area contributed by atoms with Gasteiger partial charge >= 0.3 is 0 Å². The van der Waals surface area contributed by atoms with Gasteiger partial charge in [-0.15, -0.1) is 0 Å². The van der Waals surface area contributed by atoms with Gasteiger partial charge in [0.05, 0.1) is 52.9 Å². The van der Waals surface area contributed by atoms with E-state index in [1.54, 1.807) is 36.4 Å². The molecule has 14 heteroatoms. The zero-order chi connectivity index (χ0) is 31.9. The molecular weight excluding hydrogens is 586 g/mol. The van der Waals surface area contributed by atoms with E-state index in [1.807, 2.05) is 6.07 Å². The van der Waals surface area contributed by atoms with E-state index in [0.29, 0.717) is 102 Å². The topological polar surface area (TPSA) is 174 Å². The summed E-state index contributed by atoms with van der Waals surface area (Å²) in [5, 5.41) is 10.9. The van der Waals surface area contributed by atoms with Crippen molar-refractivity contribution in [3.05, 3.63) is 59.2 Å². The highest BCUT2D eigenvalue weighted by atomic mass is 16.6. The van der Waals surface area contributed by atoms with E-state index in [-0.39, 0.29) is 24.1 Å². The van der Waals surface area contributed by atoms with Crippen molar-refractivity contribution in [2.24, 2.45) is 0 Å². The zero-order valence-electron chi connectivity index (χ0n) is 25.0. The fourth-order valence-corrected chi connectivity index (χ4v) is 4.90. The summed E-state index contributed by atoms with van der Waals surface area (Å²) < 4.78 is 22.1. The van der Waals surface area contributed by atoms with Gasteiger partial charge in [0.25, 0.3) is 11.8 Å². The van der Waals surface area contributed by atoms with Gasteiger partial charge < -0.3 is 39.8 Å².